The molecule has 9 heteroatoms. The third-order valence-electron chi connectivity index (χ3n) is 7.41. The van der Waals surface area contributed by atoms with Gasteiger partial charge < -0.3 is 5.73 Å². The van der Waals surface area contributed by atoms with Crippen LogP contribution >= 0.6 is 34.5 Å². The van der Waals surface area contributed by atoms with Gasteiger partial charge in [0.1, 0.15) is 4.83 Å². The van der Waals surface area contributed by atoms with Crippen LogP contribution in [-0.4, -0.2) is 22.6 Å². The number of nitrogens with zero attached hydrogens (tertiary/aromatic N) is 2. The number of amides is 2. The van der Waals surface area contributed by atoms with Gasteiger partial charge in [0.05, 0.1) is 32.9 Å². The number of anilines is 2. The molecule has 42 heavy (non-hydrogen) atoms. The van der Waals surface area contributed by atoms with Gasteiger partial charge in [-0.3, -0.25) is 14.4 Å². The number of thiophene rings is 1. The maximum atomic E-state index is 14.4. The number of pyridine rings is 1. The van der Waals surface area contributed by atoms with E-state index in [9.17, 15) is 14.4 Å². The maximum Gasteiger partial charge on any atom is 0.266 e. The molecule has 2 amide bonds. The van der Waals surface area contributed by atoms with Gasteiger partial charge in [0.2, 0.25) is 0 Å². The van der Waals surface area contributed by atoms with Crippen molar-refractivity contribution in [3.63, 3.8) is 0 Å². The summed E-state index contributed by atoms with van der Waals surface area (Å²) in [5, 5.41) is 2.11. The SMILES string of the molecule is CC(=O)c1sc2nc3cc(-c4ccc(Cl)cc4)c4c(c3c(-c3ccc(Cl)cc3)c2c1N)C(=O)N(c1ccccc1)C4=O. The quantitative estimate of drug-likeness (QED) is 0.160. The molecule has 6 aromatic rings. The molecule has 0 fully saturated rings. The molecule has 0 aliphatic carbocycles. The topological polar surface area (TPSA) is 93.4 Å². The number of Topliss-reactive ketones (excluding diaryl/α,β-unsaturated/α-hetero) is 1. The van der Waals surface area contributed by atoms with E-state index in [1.54, 1.807) is 48.5 Å². The van der Waals surface area contributed by atoms with Crippen LogP contribution < -0.4 is 10.6 Å². The molecule has 0 atom stereocenters. The lowest BCUT2D eigenvalue weighted by molar-refractivity contribution is 0.0925. The van der Waals surface area contributed by atoms with E-state index in [2.05, 4.69) is 0 Å². The molecule has 6 nitrogen and oxygen atoms in total. The molecule has 0 bridgehead atoms. The number of benzene rings is 4. The smallest absolute Gasteiger partial charge is 0.266 e. The summed E-state index contributed by atoms with van der Waals surface area (Å²) in [6, 6.07) is 24.9. The second-order valence-corrected chi connectivity index (χ2v) is 11.8. The Morgan fingerprint density at radius 1 is 0.786 bits per heavy atom. The largest absolute Gasteiger partial charge is 0.397 e. The molecule has 0 unspecified atom stereocenters. The van der Waals surface area contributed by atoms with Crippen LogP contribution in [0.15, 0.2) is 84.9 Å². The number of halogens is 2. The monoisotopic (exact) mass is 607 g/mol. The number of fused-ring (bicyclic) bond motifs is 4. The number of imide groups is 1. The Morgan fingerprint density at radius 3 is 2.00 bits per heavy atom. The molecular formula is C33H19Cl2N3O3S. The van der Waals surface area contributed by atoms with E-state index in [1.807, 2.05) is 36.4 Å². The Kier molecular flexibility index (Phi) is 6.13. The summed E-state index contributed by atoms with van der Waals surface area (Å²) in [5.41, 5.74) is 10.9. The van der Waals surface area contributed by atoms with Gasteiger partial charge in [-0.25, -0.2) is 9.88 Å². The molecule has 0 saturated carbocycles. The van der Waals surface area contributed by atoms with Crippen LogP contribution in [0.3, 0.4) is 0 Å². The van der Waals surface area contributed by atoms with Crippen molar-refractivity contribution in [3.8, 4) is 22.3 Å². The normalized spacial score (nSPS) is 12.9. The van der Waals surface area contributed by atoms with E-state index >= 15 is 0 Å². The number of nitrogens with two attached hydrogens (primary N) is 1. The average Bonchev–Trinajstić information content (AvgIpc) is 3.45. The van der Waals surface area contributed by atoms with Crippen molar-refractivity contribution in [2.45, 2.75) is 6.92 Å². The van der Waals surface area contributed by atoms with Gasteiger partial charge in [-0.2, -0.15) is 0 Å². The van der Waals surface area contributed by atoms with Crippen LogP contribution in [0, 0.1) is 0 Å². The molecule has 1 aliphatic rings. The zero-order chi connectivity index (χ0) is 29.3. The van der Waals surface area contributed by atoms with Gasteiger partial charge in [-0.05, 0) is 59.2 Å². The van der Waals surface area contributed by atoms with Crippen molar-refractivity contribution in [1.29, 1.82) is 0 Å². The van der Waals surface area contributed by atoms with Gasteiger partial charge in [0.15, 0.2) is 5.78 Å². The summed E-state index contributed by atoms with van der Waals surface area (Å²) < 4.78 is 0. The number of carbonyl (C=O) groups is 3. The van der Waals surface area contributed by atoms with Gasteiger partial charge in [-0.15, -0.1) is 11.3 Å². The van der Waals surface area contributed by atoms with Crippen LogP contribution in [0.5, 0.6) is 0 Å². The van der Waals surface area contributed by atoms with Crippen molar-refractivity contribution >= 4 is 84.6 Å². The van der Waals surface area contributed by atoms with Gasteiger partial charge in [0.25, 0.3) is 11.8 Å². The summed E-state index contributed by atoms with van der Waals surface area (Å²) in [6.45, 7) is 1.46. The minimum atomic E-state index is -0.473. The van der Waals surface area contributed by atoms with E-state index in [1.165, 1.54) is 23.2 Å². The molecule has 2 aromatic heterocycles. The summed E-state index contributed by atoms with van der Waals surface area (Å²) in [4.78, 5) is 48.2. The highest BCUT2D eigenvalue weighted by Crippen LogP contribution is 2.48. The van der Waals surface area contributed by atoms with Gasteiger partial charge in [0, 0.05) is 33.3 Å². The van der Waals surface area contributed by atoms with E-state index in [0.29, 0.717) is 58.4 Å². The second kappa shape index (κ2) is 9.77. The molecule has 0 radical (unpaired) electrons. The highest BCUT2D eigenvalue weighted by atomic mass is 35.5. The third-order valence-corrected chi connectivity index (χ3v) is 9.12. The summed E-state index contributed by atoms with van der Waals surface area (Å²) >= 11 is 13.6. The first-order chi connectivity index (χ1) is 20.2. The number of para-hydroxylation sites is 1. The lowest BCUT2D eigenvalue weighted by atomic mass is 9.88. The average molecular weight is 609 g/mol. The first kappa shape index (κ1) is 26.3. The Balaban J connectivity index is 1.68. The van der Waals surface area contributed by atoms with Crippen LogP contribution in [-0.2, 0) is 0 Å². The minimum absolute atomic E-state index is 0.185. The lowest BCUT2D eigenvalue weighted by Crippen LogP contribution is -2.29. The summed E-state index contributed by atoms with van der Waals surface area (Å²) in [7, 11) is 0. The zero-order valence-electron chi connectivity index (χ0n) is 21.9. The summed E-state index contributed by atoms with van der Waals surface area (Å²) in [5.74, 6) is -1.10. The molecule has 4 aromatic carbocycles. The molecule has 7 rings (SSSR count). The number of ketones is 1. The highest BCUT2D eigenvalue weighted by Gasteiger charge is 2.42. The lowest BCUT2D eigenvalue weighted by Gasteiger charge is -2.15. The fraction of sp³-hybridized carbons (Fsp3) is 0.0303. The van der Waals surface area contributed by atoms with Crippen LogP contribution in [0.2, 0.25) is 10.0 Å². The van der Waals surface area contributed by atoms with Crippen LogP contribution in [0.1, 0.15) is 37.3 Å². The minimum Gasteiger partial charge on any atom is -0.397 e. The summed E-state index contributed by atoms with van der Waals surface area (Å²) in [6.07, 6.45) is 0. The molecule has 1 aliphatic heterocycles. The predicted octanol–water partition coefficient (Wildman–Crippen LogP) is 8.68. The van der Waals surface area contributed by atoms with E-state index in [0.717, 1.165) is 5.56 Å². The highest BCUT2D eigenvalue weighted by molar-refractivity contribution is 7.21. The number of nitrogen functional groups attached to an aromatic ring is 1. The molecule has 204 valence electrons. The van der Waals surface area contributed by atoms with Crippen LogP contribution in [0.4, 0.5) is 11.4 Å². The number of carbonyl (C=O) groups excluding carboxylic acids is 3. The Labute approximate surface area is 253 Å². The fourth-order valence-corrected chi connectivity index (χ4v) is 6.84. The molecular weight excluding hydrogens is 589 g/mol. The van der Waals surface area contributed by atoms with Crippen molar-refractivity contribution < 1.29 is 14.4 Å². The molecule has 3 heterocycles. The maximum absolute atomic E-state index is 14.4. The predicted molar refractivity (Wildman–Crippen MR) is 170 cm³/mol. The standard InChI is InChI=1S/C33H19Cl2N3O3S/c1-16(39)30-29(36)28-24(18-9-13-20(35)14-10-18)26-23(37-31(28)42-30)15-22(17-7-11-19(34)12-8-17)25-27(26)33(41)38(32(25)40)21-5-3-2-4-6-21/h2-15H,36H2,1H3. The molecule has 2 N–H and O–H groups in total. The van der Waals surface area contributed by atoms with Crippen molar-refractivity contribution in [2.24, 2.45) is 0 Å². The van der Waals surface area contributed by atoms with Crippen LogP contribution in [0.25, 0.3) is 43.4 Å². The number of rotatable bonds is 4. The second-order valence-electron chi connectivity index (χ2n) is 9.93. The van der Waals surface area contributed by atoms with E-state index in [-0.39, 0.29) is 22.6 Å². The van der Waals surface area contributed by atoms with Gasteiger partial charge >= 0.3 is 0 Å². The Hall–Kier alpha value is -4.56. The Morgan fingerprint density at radius 2 is 1.38 bits per heavy atom. The third kappa shape index (κ3) is 3.93. The fourth-order valence-electron chi connectivity index (χ4n) is 5.58. The first-order valence-corrected chi connectivity index (χ1v) is 14.5. The molecule has 0 spiro atoms. The van der Waals surface area contributed by atoms with Crippen molar-refractivity contribution in [2.75, 3.05) is 10.6 Å². The number of hydrogen-bond donors (Lipinski definition) is 1. The first-order valence-electron chi connectivity index (χ1n) is 12.9. The van der Waals surface area contributed by atoms with Crippen molar-refractivity contribution in [1.82, 2.24) is 4.98 Å². The Bertz CT molecular complexity index is 2120. The number of aromatic nitrogens is 1. The van der Waals surface area contributed by atoms with Crippen molar-refractivity contribution in [3.05, 3.63) is 111 Å². The molecule has 0 saturated heterocycles. The van der Waals surface area contributed by atoms with Gasteiger partial charge in [-0.1, -0.05) is 65.7 Å². The zero-order valence-corrected chi connectivity index (χ0v) is 24.3. The number of hydrogen-bond acceptors (Lipinski definition) is 6. The van der Waals surface area contributed by atoms with E-state index in [4.69, 9.17) is 33.9 Å². The van der Waals surface area contributed by atoms with E-state index < -0.39 is 11.8 Å².